The van der Waals surface area contributed by atoms with Crippen LogP contribution in [-0.2, 0) is 16.1 Å². The Bertz CT molecular complexity index is 1690. The van der Waals surface area contributed by atoms with Gasteiger partial charge in [0.05, 0.1) is 33.0 Å². The number of nitrogens with zero attached hydrogens (tertiary/aromatic N) is 2. The van der Waals surface area contributed by atoms with Crippen LogP contribution in [0.1, 0.15) is 31.4 Å². The molecule has 0 radical (unpaired) electrons. The maximum atomic E-state index is 13.5. The summed E-state index contributed by atoms with van der Waals surface area (Å²) in [4.78, 5) is 32.4. The van der Waals surface area contributed by atoms with E-state index in [0.717, 1.165) is 49.0 Å². The number of aryl methyl sites for hydroxylation is 1. The van der Waals surface area contributed by atoms with Crippen molar-refractivity contribution in [2.24, 2.45) is 0 Å². The smallest absolute Gasteiger partial charge is 0.259 e. The Morgan fingerprint density at radius 3 is 2.23 bits per heavy atom. The van der Waals surface area contributed by atoms with Crippen LogP contribution >= 0.6 is 0 Å². The summed E-state index contributed by atoms with van der Waals surface area (Å²) in [5, 5.41) is 3.99. The van der Waals surface area contributed by atoms with Gasteiger partial charge in [0.25, 0.3) is 11.8 Å². The summed E-state index contributed by atoms with van der Waals surface area (Å²) in [7, 11) is 0. The van der Waals surface area contributed by atoms with Crippen LogP contribution in [-0.4, -0.2) is 59.5 Å². The van der Waals surface area contributed by atoms with Crippen molar-refractivity contribution in [3.63, 3.8) is 0 Å². The van der Waals surface area contributed by atoms with E-state index in [0.29, 0.717) is 45.1 Å². The number of carbonyl (C=O) groups is 2. The molecule has 0 spiro atoms. The van der Waals surface area contributed by atoms with Crippen molar-refractivity contribution in [1.82, 2.24) is 19.8 Å². The number of H-pyrrole nitrogens is 1. The molecule has 2 N–H and O–H groups in total. The molecule has 2 aromatic carbocycles. The number of aromatic nitrogens is 2. The summed E-state index contributed by atoms with van der Waals surface area (Å²) in [6, 6.07) is 7.58. The molecule has 2 aromatic heterocycles. The van der Waals surface area contributed by atoms with Gasteiger partial charge in [-0.1, -0.05) is 13.8 Å². The first kappa shape index (κ1) is 23.7. The van der Waals surface area contributed by atoms with Crippen molar-refractivity contribution >= 4 is 44.8 Å². The van der Waals surface area contributed by atoms with E-state index in [1.165, 1.54) is 0 Å². The second-order valence-electron chi connectivity index (χ2n) is 9.77. The number of rotatable bonds is 8. The summed E-state index contributed by atoms with van der Waals surface area (Å²) in [6.45, 7) is 8.22. The fourth-order valence-electron chi connectivity index (χ4n) is 5.88. The summed E-state index contributed by atoms with van der Waals surface area (Å²) < 4.78 is 25.1. The summed E-state index contributed by atoms with van der Waals surface area (Å²) in [6.07, 6.45) is 4.64. The first-order valence-corrected chi connectivity index (χ1v) is 13.2. The Hall–Kier alpha value is -4.44. The van der Waals surface area contributed by atoms with E-state index in [1.54, 1.807) is 6.20 Å². The third kappa shape index (κ3) is 3.59. The SMILES string of the molecule is CCN(CC)CCCn1cc(C2=C(c3c[nH]c4ccc5c(c34)OCO5)C(=O)NC2=O)c2c3c(ccc21)OCO3. The van der Waals surface area contributed by atoms with E-state index in [2.05, 4.69) is 33.6 Å². The molecule has 0 atom stereocenters. The number of ether oxygens (including phenoxy) is 4. The molecule has 10 nitrogen and oxygen atoms in total. The van der Waals surface area contributed by atoms with Gasteiger partial charge in [-0.15, -0.1) is 0 Å². The topological polar surface area (TPSA) is 107 Å². The van der Waals surface area contributed by atoms with E-state index in [-0.39, 0.29) is 19.2 Å². The van der Waals surface area contributed by atoms with Gasteiger partial charge in [-0.3, -0.25) is 14.9 Å². The molecule has 4 aromatic rings. The van der Waals surface area contributed by atoms with Crippen LogP contribution in [0.15, 0.2) is 36.7 Å². The predicted molar refractivity (Wildman–Crippen MR) is 145 cm³/mol. The number of nitrogens with one attached hydrogen (secondary N) is 2. The summed E-state index contributed by atoms with van der Waals surface area (Å²) in [5.74, 6) is 1.45. The zero-order valence-electron chi connectivity index (χ0n) is 21.8. The molecule has 0 saturated heterocycles. The highest BCUT2D eigenvalue weighted by Gasteiger charge is 2.37. The molecule has 5 heterocycles. The number of aromatic amines is 1. The number of imide groups is 1. The molecule has 0 aliphatic carbocycles. The molecular formula is C29H28N4O6. The first-order valence-electron chi connectivity index (χ1n) is 13.2. The van der Waals surface area contributed by atoms with Gasteiger partial charge in [0, 0.05) is 30.1 Å². The summed E-state index contributed by atoms with van der Waals surface area (Å²) >= 11 is 0. The third-order valence-corrected chi connectivity index (χ3v) is 7.80. The lowest BCUT2D eigenvalue weighted by Gasteiger charge is -2.18. The maximum absolute atomic E-state index is 13.5. The molecule has 7 rings (SSSR count). The molecule has 10 heteroatoms. The molecule has 0 saturated carbocycles. The Labute approximate surface area is 224 Å². The van der Waals surface area contributed by atoms with Gasteiger partial charge in [-0.25, -0.2) is 0 Å². The van der Waals surface area contributed by atoms with Gasteiger partial charge < -0.3 is 33.4 Å². The van der Waals surface area contributed by atoms with Crippen molar-refractivity contribution in [2.45, 2.75) is 26.8 Å². The second kappa shape index (κ2) is 9.09. The lowest BCUT2D eigenvalue weighted by molar-refractivity contribution is -0.122. The van der Waals surface area contributed by atoms with Gasteiger partial charge in [0.15, 0.2) is 23.0 Å². The quantitative estimate of drug-likeness (QED) is 0.334. The third-order valence-electron chi connectivity index (χ3n) is 7.80. The van der Waals surface area contributed by atoms with Crippen LogP contribution in [0.25, 0.3) is 33.0 Å². The average molecular weight is 529 g/mol. The number of benzene rings is 2. The molecule has 3 aliphatic heterocycles. The van der Waals surface area contributed by atoms with Crippen molar-refractivity contribution in [3.8, 4) is 23.0 Å². The molecule has 39 heavy (non-hydrogen) atoms. The number of carbonyl (C=O) groups excluding carboxylic acids is 2. The number of hydrogen-bond donors (Lipinski definition) is 2. The van der Waals surface area contributed by atoms with Crippen molar-refractivity contribution in [3.05, 3.63) is 47.8 Å². The molecule has 3 aliphatic rings. The number of hydrogen-bond acceptors (Lipinski definition) is 7. The van der Waals surface area contributed by atoms with Gasteiger partial charge in [-0.05, 0) is 50.3 Å². The molecule has 0 bridgehead atoms. The van der Waals surface area contributed by atoms with E-state index in [1.807, 2.05) is 30.5 Å². The Morgan fingerprint density at radius 1 is 0.846 bits per heavy atom. The monoisotopic (exact) mass is 528 g/mol. The van der Waals surface area contributed by atoms with E-state index in [9.17, 15) is 9.59 Å². The van der Waals surface area contributed by atoms with Crippen molar-refractivity contribution in [1.29, 1.82) is 0 Å². The number of fused-ring (bicyclic) bond motifs is 6. The van der Waals surface area contributed by atoms with Crippen LogP contribution < -0.4 is 24.3 Å². The highest BCUT2D eigenvalue weighted by atomic mass is 16.7. The minimum atomic E-state index is -0.459. The lowest BCUT2D eigenvalue weighted by Crippen LogP contribution is -2.24. The van der Waals surface area contributed by atoms with Gasteiger partial charge in [0.1, 0.15) is 0 Å². The first-order chi connectivity index (χ1) is 19.1. The van der Waals surface area contributed by atoms with Crippen LogP contribution in [0.5, 0.6) is 23.0 Å². The minimum Gasteiger partial charge on any atom is -0.454 e. The highest BCUT2D eigenvalue weighted by Crippen LogP contribution is 2.48. The van der Waals surface area contributed by atoms with Crippen molar-refractivity contribution in [2.75, 3.05) is 33.2 Å². The largest absolute Gasteiger partial charge is 0.454 e. The average Bonchev–Trinajstić information content (AvgIpc) is 3.75. The molecular weight excluding hydrogens is 500 g/mol. The van der Waals surface area contributed by atoms with E-state index < -0.39 is 11.8 Å². The van der Waals surface area contributed by atoms with E-state index in [4.69, 9.17) is 18.9 Å². The Morgan fingerprint density at radius 2 is 1.51 bits per heavy atom. The Kier molecular flexibility index (Phi) is 5.52. The van der Waals surface area contributed by atoms with Crippen LogP contribution in [0.2, 0.25) is 0 Å². The molecule has 200 valence electrons. The fraction of sp³-hybridized carbons (Fsp3) is 0.310. The Balaban J connectivity index is 1.43. The van der Waals surface area contributed by atoms with Crippen LogP contribution in [0.4, 0.5) is 0 Å². The zero-order chi connectivity index (χ0) is 26.7. The molecule has 0 fully saturated rings. The standard InChI is InChI=1S/C29H28N4O6/c1-3-32(4-2)10-5-11-33-13-17(23-19(33)7-9-21-27(23)39-15-37-21)25-24(28(34)31-29(25)35)16-12-30-18-6-8-20-26(22(16)18)38-14-36-20/h6-9,12-13,30H,3-5,10-11,14-15H2,1-2H3,(H,31,34,35). The van der Waals surface area contributed by atoms with Crippen LogP contribution in [0.3, 0.4) is 0 Å². The zero-order valence-corrected chi connectivity index (χ0v) is 21.8. The van der Waals surface area contributed by atoms with E-state index >= 15 is 0 Å². The maximum Gasteiger partial charge on any atom is 0.259 e. The highest BCUT2D eigenvalue weighted by molar-refractivity contribution is 6.51. The molecule has 2 amide bonds. The fourth-order valence-corrected chi connectivity index (χ4v) is 5.88. The predicted octanol–water partition coefficient (Wildman–Crippen LogP) is 3.88. The lowest BCUT2D eigenvalue weighted by atomic mass is 9.95. The van der Waals surface area contributed by atoms with Gasteiger partial charge in [0.2, 0.25) is 13.6 Å². The normalized spacial score (nSPS) is 16.0. The van der Waals surface area contributed by atoms with Crippen molar-refractivity contribution < 1.29 is 28.5 Å². The molecule has 0 unspecified atom stereocenters. The minimum absolute atomic E-state index is 0.0978. The van der Waals surface area contributed by atoms with Gasteiger partial charge >= 0.3 is 0 Å². The second-order valence-corrected chi connectivity index (χ2v) is 9.77. The number of amides is 2. The summed E-state index contributed by atoms with van der Waals surface area (Å²) in [5.41, 5.74) is 3.50. The van der Waals surface area contributed by atoms with Gasteiger partial charge in [-0.2, -0.15) is 0 Å². The van der Waals surface area contributed by atoms with Crippen LogP contribution in [0, 0.1) is 0 Å².